The predicted octanol–water partition coefficient (Wildman–Crippen LogP) is 4.14. The van der Waals surface area contributed by atoms with E-state index in [0.29, 0.717) is 23.2 Å². The minimum absolute atomic E-state index is 0.267. The number of carbonyl (C=O) groups excluding carboxylic acids is 1. The molecule has 19 heavy (non-hydrogen) atoms. The van der Waals surface area contributed by atoms with Crippen molar-refractivity contribution in [2.45, 2.75) is 72.8 Å². The molecule has 0 amide bonds. The summed E-state index contributed by atoms with van der Waals surface area (Å²) < 4.78 is 0. The van der Waals surface area contributed by atoms with Crippen LogP contribution in [0.5, 0.6) is 0 Å². The topological polar surface area (TPSA) is 20.3 Å². The molecule has 2 unspecified atom stereocenters. The van der Waals surface area contributed by atoms with E-state index in [2.05, 4.69) is 46.6 Å². The fourth-order valence-electron chi connectivity index (χ4n) is 3.48. The lowest BCUT2D eigenvalue weighted by molar-refractivity contribution is -0.127. The van der Waals surface area contributed by atoms with E-state index in [1.165, 1.54) is 12.8 Å². The molecule has 0 N–H and O–H groups in total. The molecule has 0 aromatic rings. The number of Topliss-reactive ketones (excluding diaryl/α,β-unsaturated/α-hetero) is 1. The minimum Gasteiger partial charge on any atom is -0.303 e. The zero-order valence-electron chi connectivity index (χ0n) is 13.8. The van der Waals surface area contributed by atoms with Gasteiger partial charge in [-0.2, -0.15) is 0 Å². The highest BCUT2D eigenvalue weighted by Crippen LogP contribution is 2.39. The Balaban J connectivity index is 2.62. The zero-order valence-corrected chi connectivity index (χ0v) is 13.8. The average Bonchev–Trinajstić information content (AvgIpc) is 2.32. The van der Waals surface area contributed by atoms with Crippen LogP contribution in [0.4, 0.5) is 0 Å². The number of nitrogens with zero attached hydrogens (tertiary/aromatic N) is 1. The molecule has 0 spiro atoms. The van der Waals surface area contributed by atoms with Crippen molar-refractivity contribution in [1.82, 2.24) is 4.90 Å². The maximum Gasteiger partial charge on any atom is 0.137 e. The Hall–Kier alpha value is -0.370. The summed E-state index contributed by atoms with van der Waals surface area (Å²) in [4.78, 5) is 14.6. The molecule has 1 aliphatic carbocycles. The van der Waals surface area contributed by atoms with Crippen LogP contribution in [-0.2, 0) is 4.79 Å². The normalized spacial score (nSPS) is 25.4. The van der Waals surface area contributed by atoms with E-state index in [0.717, 1.165) is 25.8 Å². The lowest BCUT2D eigenvalue weighted by Gasteiger charge is -2.39. The Bertz CT molecular complexity index is 288. The van der Waals surface area contributed by atoms with E-state index in [4.69, 9.17) is 0 Å². The predicted molar refractivity (Wildman–Crippen MR) is 82.3 cm³/mol. The van der Waals surface area contributed by atoms with Crippen LogP contribution < -0.4 is 0 Å². The Morgan fingerprint density at radius 2 is 1.84 bits per heavy atom. The third kappa shape index (κ3) is 4.59. The van der Waals surface area contributed by atoms with Crippen molar-refractivity contribution in [2.24, 2.45) is 17.3 Å². The van der Waals surface area contributed by atoms with Crippen LogP contribution in [0.3, 0.4) is 0 Å². The fourth-order valence-corrected chi connectivity index (χ4v) is 3.48. The average molecular weight is 267 g/mol. The second kappa shape index (κ2) is 6.88. The van der Waals surface area contributed by atoms with Crippen LogP contribution in [-0.4, -0.2) is 30.3 Å². The van der Waals surface area contributed by atoms with E-state index in [-0.39, 0.29) is 5.92 Å². The summed E-state index contributed by atoms with van der Waals surface area (Å²) >= 11 is 0. The van der Waals surface area contributed by atoms with E-state index >= 15 is 0 Å². The Morgan fingerprint density at radius 1 is 1.26 bits per heavy atom. The maximum absolute atomic E-state index is 12.2. The molecule has 1 aliphatic rings. The Labute approximate surface area is 119 Å². The van der Waals surface area contributed by atoms with Gasteiger partial charge in [0.15, 0.2) is 0 Å². The minimum atomic E-state index is 0.267. The van der Waals surface area contributed by atoms with E-state index in [1.807, 2.05) is 0 Å². The second-order valence-electron chi connectivity index (χ2n) is 7.41. The molecule has 1 fully saturated rings. The third-order valence-corrected chi connectivity index (χ3v) is 5.06. The van der Waals surface area contributed by atoms with Crippen molar-refractivity contribution >= 4 is 5.78 Å². The SMILES string of the molecule is CCC(CC)N(C)CC1CC(C(C)(C)C)CCC1=O. The van der Waals surface area contributed by atoms with Crippen LogP contribution in [0.2, 0.25) is 0 Å². The molecule has 2 nitrogen and oxygen atoms in total. The van der Waals surface area contributed by atoms with Crippen molar-refractivity contribution in [3.8, 4) is 0 Å². The maximum atomic E-state index is 12.2. The van der Waals surface area contributed by atoms with E-state index < -0.39 is 0 Å². The summed E-state index contributed by atoms with van der Waals surface area (Å²) in [6, 6.07) is 0.628. The summed E-state index contributed by atoms with van der Waals surface area (Å²) in [7, 11) is 2.19. The summed E-state index contributed by atoms with van der Waals surface area (Å²) in [6.45, 7) is 12.4. The molecule has 0 radical (unpaired) electrons. The van der Waals surface area contributed by atoms with Gasteiger partial charge in [-0.25, -0.2) is 0 Å². The lowest BCUT2D eigenvalue weighted by Crippen LogP contribution is -2.41. The molecule has 112 valence electrons. The van der Waals surface area contributed by atoms with Gasteiger partial charge in [-0.15, -0.1) is 0 Å². The molecule has 2 heteroatoms. The smallest absolute Gasteiger partial charge is 0.137 e. The zero-order chi connectivity index (χ0) is 14.6. The standard InChI is InChI=1S/C17H33NO/c1-7-15(8-2)18(6)12-13-11-14(17(3,4)5)9-10-16(13)19/h13-15H,7-12H2,1-6H3. The first kappa shape index (κ1) is 16.7. The molecule has 1 rings (SSSR count). The van der Waals surface area contributed by atoms with Gasteiger partial charge in [0, 0.05) is 24.9 Å². The number of rotatable bonds is 5. The van der Waals surface area contributed by atoms with Gasteiger partial charge < -0.3 is 4.90 Å². The van der Waals surface area contributed by atoms with Crippen LogP contribution in [0, 0.1) is 17.3 Å². The molecule has 2 atom stereocenters. The van der Waals surface area contributed by atoms with Gasteiger partial charge >= 0.3 is 0 Å². The Kier molecular flexibility index (Phi) is 6.04. The summed E-state index contributed by atoms with van der Waals surface area (Å²) in [6.07, 6.45) is 5.33. The van der Waals surface area contributed by atoms with Crippen molar-refractivity contribution in [2.75, 3.05) is 13.6 Å². The van der Waals surface area contributed by atoms with Gasteiger partial charge in [0.1, 0.15) is 5.78 Å². The van der Waals surface area contributed by atoms with E-state index in [9.17, 15) is 4.79 Å². The number of hydrogen-bond acceptors (Lipinski definition) is 2. The summed E-state index contributed by atoms with van der Waals surface area (Å²) in [5.41, 5.74) is 0.340. The van der Waals surface area contributed by atoms with Crippen molar-refractivity contribution < 1.29 is 4.79 Å². The quantitative estimate of drug-likeness (QED) is 0.746. The highest BCUT2D eigenvalue weighted by atomic mass is 16.1. The first-order valence-corrected chi connectivity index (χ1v) is 8.02. The number of carbonyl (C=O) groups is 1. The summed E-state index contributed by atoms with van der Waals surface area (Å²) in [5.74, 6) is 1.46. The van der Waals surface area contributed by atoms with Gasteiger partial charge in [0.05, 0.1) is 0 Å². The molecule has 0 aliphatic heterocycles. The summed E-state index contributed by atoms with van der Waals surface area (Å²) in [5, 5.41) is 0. The van der Waals surface area contributed by atoms with Gasteiger partial charge in [0.2, 0.25) is 0 Å². The first-order chi connectivity index (χ1) is 8.79. The third-order valence-electron chi connectivity index (χ3n) is 5.06. The molecule has 0 heterocycles. The number of ketones is 1. The molecule has 0 bridgehead atoms. The molecule has 0 aromatic carbocycles. The van der Waals surface area contributed by atoms with Crippen LogP contribution in [0.15, 0.2) is 0 Å². The van der Waals surface area contributed by atoms with Crippen molar-refractivity contribution in [3.63, 3.8) is 0 Å². The van der Waals surface area contributed by atoms with Crippen molar-refractivity contribution in [1.29, 1.82) is 0 Å². The highest BCUT2D eigenvalue weighted by molar-refractivity contribution is 5.82. The van der Waals surface area contributed by atoms with Crippen LogP contribution in [0.25, 0.3) is 0 Å². The van der Waals surface area contributed by atoms with Crippen molar-refractivity contribution in [3.05, 3.63) is 0 Å². The lowest BCUT2D eigenvalue weighted by atomic mass is 9.68. The molecular weight excluding hydrogens is 234 g/mol. The molecule has 0 saturated heterocycles. The molecule has 0 aromatic heterocycles. The Morgan fingerprint density at radius 3 is 2.32 bits per heavy atom. The highest BCUT2D eigenvalue weighted by Gasteiger charge is 2.35. The first-order valence-electron chi connectivity index (χ1n) is 8.02. The van der Waals surface area contributed by atoms with Gasteiger partial charge in [0.25, 0.3) is 0 Å². The van der Waals surface area contributed by atoms with Crippen LogP contribution >= 0.6 is 0 Å². The molecule has 1 saturated carbocycles. The van der Waals surface area contributed by atoms with E-state index in [1.54, 1.807) is 0 Å². The molecular formula is C17H33NO. The fraction of sp³-hybridized carbons (Fsp3) is 0.941. The van der Waals surface area contributed by atoms with Gasteiger partial charge in [-0.3, -0.25) is 4.79 Å². The monoisotopic (exact) mass is 267 g/mol. The second-order valence-corrected chi connectivity index (χ2v) is 7.41. The van der Waals surface area contributed by atoms with Crippen LogP contribution in [0.1, 0.15) is 66.7 Å². The van der Waals surface area contributed by atoms with Gasteiger partial charge in [-0.1, -0.05) is 34.6 Å². The van der Waals surface area contributed by atoms with Gasteiger partial charge in [-0.05, 0) is 44.1 Å². The number of hydrogen-bond donors (Lipinski definition) is 0. The largest absolute Gasteiger partial charge is 0.303 e.